The number of carbonyl (C=O) groups excluding carboxylic acids is 1. The van der Waals surface area contributed by atoms with E-state index in [9.17, 15) is 4.79 Å². The van der Waals surface area contributed by atoms with Gasteiger partial charge in [-0.2, -0.15) is 4.98 Å². The van der Waals surface area contributed by atoms with Crippen molar-refractivity contribution in [3.63, 3.8) is 0 Å². The molecular formula is C8H10N8O. The molecule has 0 fully saturated rings. The molecule has 1 amide bonds. The zero-order chi connectivity index (χ0) is 11.8. The summed E-state index contributed by atoms with van der Waals surface area (Å²) in [6, 6.07) is 0. The first kappa shape index (κ1) is 9.75. The molecule has 0 spiro atoms. The van der Waals surface area contributed by atoms with Crippen LogP contribution in [0.4, 0.5) is 5.95 Å². The third-order valence-electron chi connectivity index (χ3n) is 2.63. The van der Waals surface area contributed by atoms with Crippen molar-refractivity contribution in [2.24, 2.45) is 0 Å². The summed E-state index contributed by atoms with van der Waals surface area (Å²) in [5.74, 6) is 0.740. The van der Waals surface area contributed by atoms with Crippen molar-refractivity contribution in [2.45, 2.75) is 13.1 Å². The summed E-state index contributed by atoms with van der Waals surface area (Å²) in [4.78, 5) is 17.5. The molecule has 0 aliphatic carbocycles. The quantitative estimate of drug-likeness (QED) is 0.628. The molecule has 0 saturated heterocycles. The summed E-state index contributed by atoms with van der Waals surface area (Å²) in [5.41, 5.74) is 5.36. The number of nitrogens with zero attached hydrogens (tertiary/aromatic N) is 6. The van der Waals surface area contributed by atoms with E-state index < -0.39 is 0 Å². The van der Waals surface area contributed by atoms with Crippen LogP contribution in [-0.2, 0) is 13.1 Å². The van der Waals surface area contributed by atoms with Gasteiger partial charge in [0.25, 0.3) is 5.91 Å². The van der Waals surface area contributed by atoms with Crippen LogP contribution >= 0.6 is 0 Å². The third-order valence-corrected chi connectivity index (χ3v) is 2.63. The number of aromatic amines is 1. The number of amides is 1. The minimum absolute atomic E-state index is 0.0635. The van der Waals surface area contributed by atoms with Crippen LogP contribution < -0.4 is 5.73 Å². The van der Waals surface area contributed by atoms with Crippen LogP contribution in [0, 0.1) is 0 Å². The van der Waals surface area contributed by atoms with Crippen molar-refractivity contribution in [3.05, 3.63) is 18.0 Å². The van der Waals surface area contributed by atoms with E-state index >= 15 is 0 Å². The van der Waals surface area contributed by atoms with Crippen molar-refractivity contribution in [1.29, 1.82) is 0 Å². The van der Waals surface area contributed by atoms with Gasteiger partial charge in [-0.3, -0.25) is 9.89 Å². The maximum absolute atomic E-state index is 12.0. The molecule has 3 rings (SSSR count). The number of nitrogens with two attached hydrogens (primary N) is 1. The minimum Gasteiger partial charge on any atom is -0.366 e. The summed E-state index contributed by atoms with van der Waals surface area (Å²) in [6.45, 7) is 1.68. The van der Waals surface area contributed by atoms with Gasteiger partial charge in [0.05, 0.1) is 6.54 Å². The van der Waals surface area contributed by atoms with E-state index in [1.165, 1.54) is 0 Å². The van der Waals surface area contributed by atoms with E-state index in [0.717, 1.165) is 5.82 Å². The average Bonchev–Trinajstić information content (AvgIpc) is 2.95. The highest BCUT2D eigenvalue weighted by molar-refractivity contribution is 5.90. The molecule has 88 valence electrons. The fraction of sp³-hybridized carbons (Fsp3) is 0.375. The van der Waals surface area contributed by atoms with Crippen LogP contribution in [0.5, 0.6) is 0 Å². The van der Waals surface area contributed by atoms with Gasteiger partial charge >= 0.3 is 0 Å². The fourth-order valence-corrected chi connectivity index (χ4v) is 1.76. The molecule has 0 aromatic carbocycles. The molecule has 3 N–H and O–H groups in total. The first-order chi connectivity index (χ1) is 8.24. The Balaban J connectivity index is 1.81. The van der Waals surface area contributed by atoms with Crippen LogP contribution in [0.2, 0.25) is 0 Å². The zero-order valence-electron chi connectivity index (χ0n) is 8.87. The second kappa shape index (κ2) is 3.54. The van der Waals surface area contributed by atoms with Gasteiger partial charge in [0.1, 0.15) is 6.33 Å². The van der Waals surface area contributed by atoms with E-state index in [4.69, 9.17) is 5.73 Å². The summed E-state index contributed by atoms with van der Waals surface area (Å²) >= 11 is 0. The lowest BCUT2D eigenvalue weighted by molar-refractivity contribution is 0.0695. The Morgan fingerprint density at radius 3 is 3.12 bits per heavy atom. The second-order valence-corrected chi connectivity index (χ2v) is 3.71. The molecule has 9 heteroatoms. The number of anilines is 1. The normalized spacial score (nSPS) is 14.7. The lowest BCUT2D eigenvalue weighted by Crippen LogP contribution is -2.38. The molecular weight excluding hydrogens is 224 g/mol. The smallest absolute Gasteiger partial charge is 0.291 e. The van der Waals surface area contributed by atoms with Crippen LogP contribution in [0.3, 0.4) is 0 Å². The van der Waals surface area contributed by atoms with Crippen molar-refractivity contribution in [2.75, 3.05) is 12.3 Å². The molecule has 2 aromatic heterocycles. The van der Waals surface area contributed by atoms with E-state index in [0.29, 0.717) is 19.6 Å². The molecule has 0 atom stereocenters. The van der Waals surface area contributed by atoms with Crippen LogP contribution in [0.1, 0.15) is 16.4 Å². The predicted octanol–water partition coefficient (Wildman–Crippen LogP) is -1.37. The van der Waals surface area contributed by atoms with Crippen LogP contribution in [-0.4, -0.2) is 47.3 Å². The van der Waals surface area contributed by atoms with Gasteiger partial charge in [0, 0.05) is 13.1 Å². The van der Waals surface area contributed by atoms with Crippen molar-refractivity contribution in [3.8, 4) is 0 Å². The number of fused-ring (bicyclic) bond motifs is 1. The molecule has 9 nitrogen and oxygen atoms in total. The predicted molar refractivity (Wildman–Crippen MR) is 55.6 cm³/mol. The molecule has 17 heavy (non-hydrogen) atoms. The number of hydrogen-bond acceptors (Lipinski definition) is 6. The number of rotatable bonds is 1. The second-order valence-electron chi connectivity index (χ2n) is 3.71. The Morgan fingerprint density at radius 2 is 2.35 bits per heavy atom. The summed E-state index contributed by atoms with van der Waals surface area (Å²) in [6.07, 6.45) is 1.66. The van der Waals surface area contributed by atoms with Gasteiger partial charge in [0.15, 0.2) is 5.82 Å². The first-order valence-corrected chi connectivity index (χ1v) is 5.08. The van der Waals surface area contributed by atoms with Gasteiger partial charge in [-0.25, -0.2) is 0 Å². The Labute approximate surface area is 95.6 Å². The lowest BCUT2D eigenvalue weighted by atomic mass is 10.3. The van der Waals surface area contributed by atoms with E-state index in [2.05, 4.69) is 25.4 Å². The summed E-state index contributed by atoms with van der Waals surface area (Å²) in [5, 5.41) is 13.9. The maximum atomic E-state index is 12.0. The van der Waals surface area contributed by atoms with Gasteiger partial charge in [-0.1, -0.05) is 0 Å². The summed E-state index contributed by atoms with van der Waals surface area (Å²) < 4.78 is 1.92. The highest BCUT2D eigenvalue weighted by atomic mass is 16.2. The largest absolute Gasteiger partial charge is 0.366 e. The lowest BCUT2D eigenvalue weighted by Gasteiger charge is -2.25. The highest BCUT2D eigenvalue weighted by Crippen LogP contribution is 2.11. The number of H-pyrrole nitrogens is 1. The van der Waals surface area contributed by atoms with Crippen molar-refractivity contribution >= 4 is 11.9 Å². The minimum atomic E-state index is -0.233. The highest BCUT2D eigenvalue weighted by Gasteiger charge is 2.24. The molecule has 1 aliphatic heterocycles. The number of carbonyl (C=O) groups is 1. The fourth-order valence-electron chi connectivity index (χ4n) is 1.76. The van der Waals surface area contributed by atoms with Gasteiger partial charge in [-0.05, 0) is 0 Å². The van der Waals surface area contributed by atoms with Crippen LogP contribution in [0.25, 0.3) is 0 Å². The van der Waals surface area contributed by atoms with Crippen molar-refractivity contribution in [1.82, 2.24) is 34.8 Å². The topological polar surface area (TPSA) is 119 Å². The number of aromatic nitrogens is 6. The number of nitrogens with one attached hydrogen (secondary N) is 1. The van der Waals surface area contributed by atoms with Crippen LogP contribution in [0.15, 0.2) is 6.33 Å². The molecule has 3 heterocycles. The van der Waals surface area contributed by atoms with E-state index in [1.807, 2.05) is 4.57 Å². The Hall–Kier alpha value is -2.45. The van der Waals surface area contributed by atoms with E-state index in [-0.39, 0.29) is 17.7 Å². The monoisotopic (exact) mass is 234 g/mol. The standard InChI is InChI=1S/C8H10N8O/c9-8-11-6(13-14-8)7(17)15-1-2-16-4-10-12-5(16)3-15/h4H,1-3H2,(H3,9,11,13,14). The van der Waals surface area contributed by atoms with Gasteiger partial charge in [0.2, 0.25) is 11.8 Å². The first-order valence-electron chi connectivity index (χ1n) is 5.08. The molecule has 0 radical (unpaired) electrons. The van der Waals surface area contributed by atoms with Gasteiger partial charge in [-0.15, -0.1) is 15.3 Å². The third kappa shape index (κ3) is 1.61. The van der Waals surface area contributed by atoms with Gasteiger partial charge < -0.3 is 15.2 Å². The molecule has 0 saturated carbocycles. The molecule has 0 unspecified atom stereocenters. The summed E-state index contributed by atoms with van der Waals surface area (Å²) in [7, 11) is 0. The maximum Gasteiger partial charge on any atom is 0.291 e. The zero-order valence-corrected chi connectivity index (χ0v) is 8.87. The molecule has 0 bridgehead atoms. The number of hydrogen-bond donors (Lipinski definition) is 2. The molecule has 2 aromatic rings. The number of nitrogen functional groups attached to an aromatic ring is 1. The van der Waals surface area contributed by atoms with E-state index in [1.54, 1.807) is 11.2 Å². The Kier molecular flexibility index (Phi) is 2.03. The SMILES string of the molecule is Nc1n[nH]c(C(=O)N2CCn3cnnc3C2)n1. The molecule has 1 aliphatic rings. The van der Waals surface area contributed by atoms with Crippen molar-refractivity contribution < 1.29 is 4.79 Å². The Morgan fingerprint density at radius 1 is 1.47 bits per heavy atom. The average molecular weight is 234 g/mol. The Bertz CT molecular complexity index is 557.